The smallest absolute Gasteiger partial charge is 0.308 e. The van der Waals surface area contributed by atoms with Crippen LogP contribution >= 0.6 is 0 Å². The van der Waals surface area contributed by atoms with E-state index in [0.29, 0.717) is 5.41 Å². The number of rotatable bonds is 8. The second-order valence-electron chi connectivity index (χ2n) is 12.8. The molecule has 3 rings (SSSR count). The fraction of sp³-hybridized carbons (Fsp3) is 0.706. The first-order valence-corrected chi connectivity index (χ1v) is 17.0. The zero-order valence-electron chi connectivity index (χ0n) is 28.5. The summed E-state index contributed by atoms with van der Waals surface area (Å²) in [6, 6.07) is 9.90. The van der Waals surface area contributed by atoms with Crippen molar-refractivity contribution in [1.82, 2.24) is 4.72 Å². The van der Waals surface area contributed by atoms with Gasteiger partial charge in [-0.15, -0.1) is 13.2 Å². The van der Waals surface area contributed by atoms with Gasteiger partial charge in [0.05, 0.1) is 17.4 Å². The number of oxime groups is 1. The van der Waals surface area contributed by atoms with E-state index in [2.05, 4.69) is 57.7 Å². The van der Waals surface area contributed by atoms with Crippen molar-refractivity contribution in [3.05, 3.63) is 49.1 Å². The van der Waals surface area contributed by atoms with E-state index in [1.807, 2.05) is 71.9 Å². The van der Waals surface area contributed by atoms with Gasteiger partial charge in [-0.25, -0.2) is 13.1 Å². The van der Waals surface area contributed by atoms with Crippen molar-refractivity contribution in [3.63, 3.8) is 0 Å². The molecule has 2 aliphatic carbocycles. The van der Waals surface area contributed by atoms with Crippen LogP contribution < -0.4 is 4.72 Å². The van der Waals surface area contributed by atoms with E-state index < -0.39 is 10.0 Å². The molecule has 0 unspecified atom stereocenters. The average molecular weight is 611 g/mol. The van der Waals surface area contributed by atoms with Crippen molar-refractivity contribution in [2.75, 3.05) is 0 Å². The molecule has 1 aromatic carbocycles. The van der Waals surface area contributed by atoms with Crippen LogP contribution in [-0.4, -0.2) is 44.1 Å². The Morgan fingerprint density at radius 1 is 0.929 bits per heavy atom. The maximum absolute atomic E-state index is 11.1. The first kappa shape index (κ1) is 41.9. The van der Waals surface area contributed by atoms with Gasteiger partial charge < -0.3 is 9.57 Å². The van der Waals surface area contributed by atoms with E-state index in [1.165, 1.54) is 12.8 Å². The topological polar surface area (TPSA) is 94.1 Å². The quantitative estimate of drug-likeness (QED) is 0.138. The summed E-state index contributed by atoms with van der Waals surface area (Å²) < 4.78 is 30.0. The fourth-order valence-electron chi connectivity index (χ4n) is 2.86. The Hall–Kier alpha value is -2.19. The van der Waals surface area contributed by atoms with Crippen molar-refractivity contribution in [2.45, 2.75) is 138 Å². The largest absolute Gasteiger partial charge is 0.462 e. The minimum Gasteiger partial charge on any atom is -0.462 e. The molecule has 2 aliphatic rings. The highest BCUT2D eigenvalue weighted by molar-refractivity contribution is 7.90. The number of nitrogens with one attached hydrogen (secondary N) is 1. The van der Waals surface area contributed by atoms with Crippen molar-refractivity contribution < 1.29 is 22.8 Å². The molecule has 0 aromatic heterocycles. The van der Waals surface area contributed by atoms with Crippen LogP contribution in [0.25, 0.3) is 0 Å². The minimum absolute atomic E-state index is 0.0237. The molecule has 0 heterocycles. The van der Waals surface area contributed by atoms with Crippen LogP contribution in [0.5, 0.6) is 0 Å². The second-order valence-corrected chi connectivity index (χ2v) is 14.8. The monoisotopic (exact) mass is 610 g/mol. The summed E-state index contributed by atoms with van der Waals surface area (Å²) in [5, 5.41) is 3.73. The van der Waals surface area contributed by atoms with Gasteiger partial charge in [-0.2, -0.15) is 0 Å². The molecule has 244 valence electrons. The number of sulfonamides is 1. The van der Waals surface area contributed by atoms with Gasteiger partial charge in [0, 0.05) is 6.04 Å². The van der Waals surface area contributed by atoms with Crippen LogP contribution in [0.1, 0.15) is 120 Å². The van der Waals surface area contributed by atoms with Gasteiger partial charge >= 0.3 is 5.97 Å². The summed E-state index contributed by atoms with van der Waals surface area (Å²) in [5.41, 5.74) is 1.55. The van der Waals surface area contributed by atoms with Crippen molar-refractivity contribution in [2.24, 2.45) is 22.4 Å². The Balaban J connectivity index is 0. The summed E-state index contributed by atoms with van der Waals surface area (Å²) in [4.78, 5) is 16.1. The van der Waals surface area contributed by atoms with Gasteiger partial charge in [0.15, 0.2) is 0 Å². The SMILES string of the molecule is C=C.CC(C)C(=O)OC1CCCC1.CC(C)C(C)(C)C.CC(C)NS(=O)(=O)C1CC1.CC(C)O/N=C/c1ccccc1. The number of ether oxygens (including phenoxy) is 1. The van der Waals surface area contributed by atoms with Crippen LogP contribution in [0, 0.1) is 17.3 Å². The van der Waals surface area contributed by atoms with Gasteiger partial charge in [0.1, 0.15) is 12.2 Å². The molecule has 0 spiro atoms. The Morgan fingerprint density at radius 3 is 1.76 bits per heavy atom. The minimum atomic E-state index is -2.94. The Bertz CT molecular complexity index is 942. The molecular weight excluding hydrogens is 548 g/mol. The molecule has 8 heteroatoms. The Kier molecular flexibility index (Phi) is 22.3. The van der Waals surface area contributed by atoms with Crippen molar-refractivity contribution >= 4 is 22.2 Å². The van der Waals surface area contributed by atoms with Crippen LogP contribution in [-0.2, 0) is 24.4 Å². The first-order valence-electron chi connectivity index (χ1n) is 15.4. The maximum Gasteiger partial charge on any atom is 0.308 e. The van der Waals surface area contributed by atoms with Crippen LogP contribution in [0.2, 0.25) is 0 Å². The Labute approximate surface area is 259 Å². The maximum atomic E-state index is 11.1. The van der Waals surface area contributed by atoms with E-state index in [9.17, 15) is 13.2 Å². The van der Waals surface area contributed by atoms with Gasteiger partial charge in [0.25, 0.3) is 0 Å². The number of carbonyl (C=O) groups excluding carboxylic acids is 1. The zero-order chi connectivity index (χ0) is 32.9. The summed E-state index contributed by atoms with van der Waals surface area (Å²) in [6.07, 6.45) is 8.32. The third kappa shape index (κ3) is 23.4. The predicted molar refractivity (Wildman–Crippen MR) is 179 cm³/mol. The molecule has 0 atom stereocenters. The predicted octanol–water partition coefficient (Wildman–Crippen LogP) is 8.54. The van der Waals surface area contributed by atoms with Crippen molar-refractivity contribution in [3.8, 4) is 0 Å². The molecular formula is C34H62N2O5S. The van der Waals surface area contributed by atoms with E-state index in [1.54, 1.807) is 6.21 Å². The molecule has 2 fully saturated rings. The molecule has 0 aliphatic heterocycles. The molecule has 0 saturated heterocycles. The summed E-state index contributed by atoms with van der Waals surface area (Å²) >= 11 is 0. The highest BCUT2D eigenvalue weighted by atomic mass is 32.2. The molecule has 2 saturated carbocycles. The van der Waals surface area contributed by atoms with Gasteiger partial charge in [-0.1, -0.05) is 84.0 Å². The molecule has 1 N–H and O–H groups in total. The summed E-state index contributed by atoms with van der Waals surface area (Å²) in [7, 11) is -2.94. The number of nitrogens with zero attached hydrogens (tertiary/aromatic N) is 1. The third-order valence-corrected chi connectivity index (χ3v) is 8.57. The van der Waals surface area contributed by atoms with E-state index in [-0.39, 0.29) is 35.4 Å². The number of esters is 1. The standard InChI is InChI=1S/C10H13NO.C9H16O2.C7H16.C6H13NO2S.C2H4/c1-9(2)12-11-8-10-6-4-3-5-7-10;1-7(2)9(10)11-8-5-3-4-6-8;1-6(2)7(3,4)5;1-5(2)7-10(8,9)6-3-4-6;1-2/h3-9H,1-2H3;7-8H,3-6H2,1-2H3;6H,1-5H3;5-7H,3-4H2,1-2H3;1-2H2/b11-8+;;;;. The highest BCUT2D eigenvalue weighted by Crippen LogP contribution is 2.27. The van der Waals surface area contributed by atoms with Crippen LogP contribution in [0.3, 0.4) is 0 Å². The van der Waals surface area contributed by atoms with Crippen LogP contribution in [0.15, 0.2) is 48.6 Å². The van der Waals surface area contributed by atoms with Gasteiger partial charge in [0.2, 0.25) is 10.0 Å². The van der Waals surface area contributed by atoms with E-state index in [0.717, 1.165) is 37.2 Å². The lowest BCUT2D eigenvalue weighted by molar-refractivity contribution is -0.152. The average Bonchev–Trinajstić information content (AvgIpc) is 3.64. The molecule has 1 aromatic rings. The highest BCUT2D eigenvalue weighted by Gasteiger charge is 2.35. The zero-order valence-corrected chi connectivity index (χ0v) is 29.3. The second kappa shape index (κ2) is 22.4. The number of carbonyl (C=O) groups is 1. The lowest BCUT2D eigenvalue weighted by Gasteiger charge is -2.22. The lowest BCUT2D eigenvalue weighted by atomic mass is 9.84. The van der Waals surface area contributed by atoms with E-state index >= 15 is 0 Å². The lowest BCUT2D eigenvalue weighted by Crippen LogP contribution is -2.32. The number of hydrogen-bond acceptors (Lipinski definition) is 6. The molecule has 0 amide bonds. The first-order chi connectivity index (χ1) is 19.5. The number of benzene rings is 1. The normalized spacial score (nSPS) is 15.1. The Morgan fingerprint density at radius 2 is 1.40 bits per heavy atom. The number of hydrogen-bond donors (Lipinski definition) is 1. The molecule has 0 radical (unpaired) electrons. The summed E-state index contributed by atoms with van der Waals surface area (Å²) in [5.74, 6) is 0.778. The van der Waals surface area contributed by atoms with Gasteiger partial charge in [-0.3, -0.25) is 4.79 Å². The third-order valence-electron chi connectivity index (χ3n) is 6.42. The van der Waals surface area contributed by atoms with E-state index in [4.69, 9.17) is 9.57 Å². The fourth-order valence-corrected chi connectivity index (χ4v) is 4.47. The molecule has 0 bridgehead atoms. The van der Waals surface area contributed by atoms with Crippen LogP contribution in [0.4, 0.5) is 0 Å². The molecule has 42 heavy (non-hydrogen) atoms. The molecule has 7 nitrogen and oxygen atoms in total. The van der Waals surface area contributed by atoms with Crippen molar-refractivity contribution in [1.29, 1.82) is 0 Å². The van der Waals surface area contributed by atoms with Gasteiger partial charge in [-0.05, 0) is 83.1 Å². The summed E-state index contributed by atoms with van der Waals surface area (Å²) in [6.45, 7) is 28.6.